The first-order valence-corrected chi connectivity index (χ1v) is 6.68. The SMILES string of the molecule is CCC(C)(OC)c1noc(C(C)(N)c2ccccc2)n1. The van der Waals surface area contributed by atoms with Crippen molar-refractivity contribution >= 4 is 0 Å². The van der Waals surface area contributed by atoms with Crippen molar-refractivity contribution in [3.8, 4) is 0 Å². The molecule has 0 fully saturated rings. The van der Waals surface area contributed by atoms with Crippen molar-refractivity contribution in [2.24, 2.45) is 5.73 Å². The van der Waals surface area contributed by atoms with Crippen molar-refractivity contribution in [2.45, 2.75) is 38.3 Å². The summed E-state index contributed by atoms with van der Waals surface area (Å²) < 4.78 is 10.8. The van der Waals surface area contributed by atoms with Gasteiger partial charge in [0.15, 0.2) is 0 Å². The van der Waals surface area contributed by atoms with Gasteiger partial charge >= 0.3 is 0 Å². The summed E-state index contributed by atoms with van der Waals surface area (Å²) in [6.07, 6.45) is 0.745. The van der Waals surface area contributed by atoms with Crippen molar-refractivity contribution in [2.75, 3.05) is 7.11 Å². The minimum Gasteiger partial charge on any atom is -0.370 e. The molecular weight excluding hydrogens is 254 g/mol. The topological polar surface area (TPSA) is 74.2 Å². The number of rotatable bonds is 5. The van der Waals surface area contributed by atoms with E-state index in [1.165, 1.54) is 0 Å². The number of aromatic nitrogens is 2. The smallest absolute Gasteiger partial charge is 0.251 e. The lowest BCUT2D eigenvalue weighted by atomic mass is 9.93. The Morgan fingerprint density at radius 3 is 2.45 bits per heavy atom. The lowest BCUT2D eigenvalue weighted by Crippen LogP contribution is -2.35. The maximum absolute atomic E-state index is 6.36. The van der Waals surface area contributed by atoms with E-state index in [4.69, 9.17) is 15.0 Å². The highest BCUT2D eigenvalue weighted by atomic mass is 16.5. The molecule has 0 aliphatic heterocycles. The second-order valence-corrected chi connectivity index (χ2v) is 5.28. The molecule has 2 N–H and O–H groups in total. The van der Waals surface area contributed by atoms with Gasteiger partial charge in [-0.2, -0.15) is 4.98 Å². The fourth-order valence-electron chi connectivity index (χ4n) is 1.95. The number of benzene rings is 1. The first kappa shape index (κ1) is 14.7. The van der Waals surface area contributed by atoms with Crippen LogP contribution in [0.5, 0.6) is 0 Å². The molecule has 2 rings (SSSR count). The largest absolute Gasteiger partial charge is 0.370 e. The summed E-state index contributed by atoms with van der Waals surface area (Å²) >= 11 is 0. The summed E-state index contributed by atoms with van der Waals surface area (Å²) in [5.74, 6) is 0.903. The van der Waals surface area contributed by atoms with E-state index in [2.05, 4.69) is 10.1 Å². The van der Waals surface area contributed by atoms with E-state index < -0.39 is 11.1 Å². The van der Waals surface area contributed by atoms with E-state index in [1.807, 2.05) is 51.1 Å². The van der Waals surface area contributed by atoms with Gasteiger partial charge in [-0.05, 0) is 25.8 Å². The van der Waals surface area contributed by atoms with Gasteiger partial charge in [0.25, 0.3) is 5.89 Å². The molecule has 108 valence electrons. The van der Waals surface area contributed by atoms with Gasteiger partial charge in [0, 0.05) is 7.11 Å². The van der Waals surface area contributed by atoms with Crippen LogP contribution in [0.15, 0.2) is 34.9 Å². The van der Waals surface area contributed by atoms with Gasteiger partial charge in [-0.15, -0.1) is 0 Å². The third-order valence-corrected chi connectivity index (χ3v) is 3.84. The van der Waals surface area contributed by atoms with E-state index in [-0.39, 0.29) is 0 Å². The Hall–Kier alpha value is -1.72. The second-order valence-electron chi connectivity index (χ2n) is 5.28. The summed E-state index contributed by atoms with van der Waals surface area (Å²) in [5, 5.41) is 4.03. The third-order valence-electron chi connectivity index (χ3n) is 3.84. The molecule has 2 atom stereocenters. The van der Waals surface area contributed by atoms with Crippen LogP contribution in [0, 0.1) is 0 Å². The van der Waals surface area contributed by atoms with Crippen molar-refractivity contribution in [1.29, 1.82) is 0 Å². The fourth-order valence-corrected chi connectivity index (χ4v) is 1.95. The van der Waals surface area contributed by atoms with Crippen LogP contribution in [0.1, 0.15) is 44.5 Å². The van der Waals surface area contributed by atoms with E-state index in [9.17, 15) is 0 Å². The van der Waals surface area contributed by atoms with Gasteiger partial charge in [-0.1, -0.05) is 42.4 Å². The Labute approximate surface area is 119 Å². The van der Waals surface area contributed by atoms with Crippen molar-refractivity contribution in [1.82, 2.24) is 10.1 Å². The minimum atomic E-state index is -0.825. The zero-order chi connectivity index (χ0) is 14.8. The average Bonchev–Trinajstić information content (AvgIpc) is 2.98. The van der Waals surface area contributed by atoms with E-state index in [0.29, 0.717) is 11.7 Å². The molecule has 20 heavy (non-hydrogen) atoms. The number of methoxy groups -OCH3 is 1. The standard InChI is InChI=1S/C15H21N3O2/c1-5-14(2,19-4)12-17-13(20-18-12)15(3,16)11-9-7-6-8-10-11/h6-10H,5,16H2,1-4H3. The molecule has 1 aromatic heterocycles. The molecule has 0 aliphatic carbocycles. The molecular formula is C15H21N3O2. The average molecular weight is 275 g/mol. The highest BCUT2D eigenvalue weighted by Gasteiger charge is 2.35. The Morgan fingerprint density at radius 1 is 1.25 bits per heavy atom. The fraction of sp³-hybridized carbons (Fsp3) is 0.467. The summed E-state index contributed by atoms with van der Waals surface area (Å²) in [5.41, 5.74) is 5.90. The number of hydrogen-bond donors (Lipinski definition) is 1. The predicted molar refractivity (Wildman–Crippen MR) is 76.0 cm³/mol. The zero-order valence-electron chi connectivity index (χ0n) is 12.4. The van der Waals surface area contributed by atoms with Crippen molar-refractivity contribution < 1.29 is 9.26 Å². The maximum Gasteiger partial charge on any atom is 0.251 e. The zero-order valence-corrected chi connectivity index (χ0v) is 12.4. The molecule has 0 spiro atoms. The molecule has 0 radical (unpaired) electrons. The summed E-state index contributed by atoms with van der Waals surface area (Å²) in [7, 11) is 1.64. The van der Waals surface area contributed by atoms with E-state index in [1.54, 1.807) is 7.11 Å². The summed E-state index contributed by atoms with van der Waals surface area (Å²) in [6, 6.07) is 9.70. The third kappa shape index (κ3) is 2.46. The number of hydrogen-bond acceptors (Lipinski definition) is 5. The maximum atomic E-state index is 6.36. The highest BCUT2D eigenvalue weighted by molar-refractivity contribution is 5.29. The molecule has 0 saturated carbocycles. The monoisotopic (exact) mass is 275 g/mol. The van der Waals surface area contributed by atoms with Crippen LogP contribution < -0.4 is 5.73 Å². The molecule has 1 aromatic carbocycles. The molecule has 2 aromatic rings. The van der Waals surface area contributed by atoms with Crippen molar-refractivity contribution in [3.05, 3.63) is 47.6 Å². The Kier molecular flexibility index (Phi) is 3.92. The molecule has 0 amide bonds. The second kappa shape index (κ2) is 5.34. The van der Waals surface area contributed by atoms with Crippen molar-refractivity contribution in [3.63, 3.8) is 0 Å². The number of nitrogens with two attached hydrogens (primary N) is 1. The molecule has 0 aliphatic rings. The van der Waals surface area contributed by atoms with Crippen LogP contribution in [0.4, 0.5) is 0 Å². The van der Waals surface area contributed by atoms with Gasteiger partial charge < -0.3 is 15.0 Å². The van der Waals surface area contributed by atoms with Crippen LogP contribution in [-0.4, -0.2) is 17.3 Å². The Bertz CT molecular complexity index is 560. The van der Waals surface area contributed by atoms with Crippen LogP contribution >= 0.6 is 0 Å². The Morgan fingerprint density at radius 2 is 1.90 bits per heavy atom. The summed E-state index contributed by atoms with van der Waals surface area (Å²) in [4.78, 5) is 4.44. The van der Waals surface area contributed by atoms with Crippen LogP contribution in [-0.2, 0) is 15.9 Å². The first-order chi connectivity index (χ1) is 9.44. The lowest BCUT2D eigenvalue weighted by molar-refractivity contribution is -0.0106. The van der Waals surface area contributed by atoms with E-state index >= 15 is 0 Å². The molecule has 5 nitrogen and oxygen atoms in total. The predicted octanol–water partition coefficient (Wildman–Crippen LogP) is 2.56. The van der Waals surface area contributed by atoms with Gasteiger partial charge in [0.2, 0.25) is 5.82 Å². The Balaban J connectivity index is 2.38. The lowest BCUT2D eigenvalue weighted by Gasteiger charge is -2.23. The van der Waals surface area contributed by atoms with Gasteiger partial charge in [0.1, 0.15) is 11.1 Å². The number of nitrogens with zero attached hydrogens (tertiary/aromatic N) is 2. The molecule has 0 bridgehead atoms. The quantitative estimate of drug-likeness (QED) is 0.907. The van der Waals surface area contributed by atoms with Gasteiger partial charge in [-0.25, -0.2) is 0 Å². The minimum absolute atomic E-state index is 0.385. The molecule has 2 unspecified atom stereocenters. The normalized spacial score (nSPS) is 17.4. The van der Waals surface area contributed by atoms with Gasteiger partial charge in [0.05, 0.1) is 0 Å². The van der Waals surface area contributed by atoms with Crippen LogP contribution in [0.25, 0.3) is 0 Å². The first-order valence-electron chi connectivity index (χ1n) is 6.68. The van der Waals surface area contributed by atoms with Crippen LogP contribution in [0.2, 0.25) is 0 Å². The highest BCUT2D eigenvalue weighted by Crippen LogP contribution is 2.30. The van der Waals surface area contributed by atoms with Gasteiger partial charge in [-0.3, -0.25) is 0 Å². The molecule has 5 heteroatoms. The molecule has 1 heterocycles. The summed E-state index contributed by atoms with van der Waals surface area (Å²) in [6.45, 7) is 5.80. The number of ether oxygens (including phenoxy) is 1. The molecule has 0 saturated heterocycles. The van der Waals surface area contributed by atoms with E-state index in [0.717, 1.165) is 12.0 Å². The van der Waals surface area contributed by atoms with Crippen LogP contribution in [0.3, 0.4) is 0 Å².